The van der Waals surface area contributed by atoms with E-state index in [1.165, 1.54) is 42.5 Å². The fourth-order valence-electron chi connectivity index (χ4n) is 2.46. The third kappa shape index (κ3) is 5.21. The fraction of sp³-hybridized carbons (Fsp3) is 0.150. The Balaban J connectivity index is 1.62. The van der Waals surface area contributed by atoms with E-state index in [-0.39, 0.29) is 17.6 Å². The van der Waals surface area contributed by atoms with Crippen molar-refractivity contribution in [1.82, 2.24) is 10.3 Å². The topological polar surface area (TPSA) is 71.1 Å². The van der Waals surface area contributed by atoms with Crippen LogP contribution in [-0.4, -0.2) is 23.3 Å². The van der Waals surface area contributed by atoms with Crippen LogP contribution in [0.15, 0.2) is 53.9 Å². The minimum Gasteiger partial charge on any atom is -0.356 e. The first-order chi connectivity index (χ1) is 13.0. The SMILES string of the molecule is CC(=O)NCCc1ccc(-c2csc(NC(=O)c3ccc(F)cc3)n2)cc1. The lowest BCUT2D eigenvalue weighted by Crippen LogP contribution is -2.22. The van der Waals surface area contributed by atoms with Gasteiger partial charge >= 0.3 is 0 Å². The van der Waals surface area contributed by atoms with Crippen LogP contribution in [0.3, 0.4) is 0 Å². The summed E-state index contributed by atoms with van der Waals surface area (Å²) < 4.78 is 12.9. The van der Waals surface area contributed by atoms with Gasteiger partial charge in [-0.1, -0.05) is 24.3 Å². The Morgan fingerprint density at radius 3 is 2.44 bits per heavy atom. The van der Waals surface area contributed by atoms with Gasteiger partial charge in [0.25, 0.3) is 5.91 Å². The number of carbonyl (C=O) groups excluding carboxylic acids is 2. The van der Waals surface area contributed by atoms with E-state index in [0.717, 1.165) is 23.2 Å². The minimum atomic E-state index is -0.386. The van der Waals surface area contributed by atoms with Crippen LogP contribution >= 0.6 is 11.3 Å². The summed E-state index contributed by atoms with van der Waals surface area (Å²) in [5.41, 5.74) is 3.20. The highest BCUT2D eigenvalue weighted by Crippen LogP contribution is 2.25. The molecule has 1 aromatic heterocycles. The molecule has 2 amide bonds. The van der Waals surface area contributed by atoms with E-state index < -0.39 is 0 Å². The van der Waals surface area contributed by atoms with Gasteiger partial charge < -0.3 is 5.32 Å². The molecule has 0 aliphatic heterocycles. The van der Waals surface area contributed by atoms with Crippen molar-refractivity contribution in [2.24, 2.45) is 0 Å². The van der Waals surface area contributed by atoms with Crippen molar-refractivity contribution in [2.75, 3.05) is 11.9 Å². The highest BCUT2D eigenvalue weighted by Gasteiger charge is 2.10. The molecule has 3 aromatic rings. The zero-order valence-electron chi connectivity index (χ0n) is 14.7. The summed E-state index contributed by atoms with van der Waals surface area (Å²) in [7, 11) is 0. The van der Waals surface area contributed by atoms with E-state index in [2.05, 4.69) is 15.6 Å². The molecule has 0 unspecified atom stereocenters. The molecule has 138 valence electrons. The smallest absolute Gasteiger partial charge is 0.257 e. The van der Waals surface area contributed by atoms with Crippen molar-refractivity contribution in [2.45, 2.75) is 13.3 Å². The van der Waals surface area contributed by atoms with Gasteiger partial charge in [-0.25, -0.2) is 9.37 Å². The number of hydrogen-bond donors (Lipinski definition) is 2. The summed E-state index contributed by atoms with van der Waals surface area (Å²) >= 11 is 1.33. The van der Waals surface area contributed by atoms with Crippen molar-refractivity contribution in [3.63, 3.8) is 0 Å². The first-order valence-corrected chi connectivity index (χ1v) is 9.25. The maximum Gasteiger partial charge on any atom is 0.257 e. The average Bonchev–Trinajstić information content (AvgIpc) is 3.11. The maximum atomic E-state index is 12.9. The van der Waals surface area contributed by atoms with Crippen molar-refractivity contribution < 1.29 is 14.0 Å². The standard InChI is InChI=1S/C20H18FN3O2S/c1-13(25)22-11-10-14-2-4-15(5-3-14)18-12-27-20(23-18)24-19(26)16-6-8-17(21)9-7-16/h2-9,12H,10-11H2,1H3,(H,22,25)(H,23,24,26). The maximum absolute atomic E-state index is 12.9. The van der Waals surface area contributed by atoms with Crippen LogP contribution in [0, 0.1) is 5.82 Å². The van der Waals surface area contributed by atoms with Crippen molar-refractivity contribution >= 4 is 28.3 Å². The van der Waals surface area contributed by atoms with E-state index in [1.54, 1.807) is 0 Å². The van der Waals surface area contributed by atoms with E-state index in [9.17, 15) is 14.0 Å². The number of halogens is 1. The molecular weight excluding hydrogens is 365 g/mol. The molecule has 0 aliphatic carbocycles. The van der Waals surface area contributed by atoms with Crippen molar-refractivity contribution in [1.29, 1.82) is 0 Å². The third-order valence-electron chi connectivity index (χ3n) is 3.87. The lowest BCUT2D eigenvalue weighted by atomic mass is 10.1. The summed E-state index contributed by atoms with van der Waals surface area (Å²) in [4.78, 5) is 27.5. The summed E-state index contributed by atoms with van der Waals surface area (Å²) in [6.45, 7) is 2.10. The first kappa shape index (κ1) is 18.7. The fourth-order valence-corrected chi connectivity index (χ4v) is 3.17. The van der Waals surface area contributed by atoms with Gasteiger partial charge in [0, 0.05) is 30.0 Å². The Hall–Kier alpha value is -3.06. The second-order valence-corrected chi connectivity index (χ2v) is 6.79. The zero-order valence-corrected chi connectivity index (χ0v) is 15.5. The van der Waals surface area contributed by atoms with Gasteiger partial charge in [0.05, 0.1) is 5.69 Å². The molecule has 0 spiro atoms. The molecular formula is C20H18FN3O2S. The second kappa shape index (κ2) is 8.55. The Kier molecular flexibility index (Phi) is 5.93. The van der Waals surface area contributed by atoms with Gasteiger partial charge in [0.2, 0.25) is 5.91 Å². The number of nitrogens with one attached hydrogen (secondary N) is 2. The van der Waals surface area contributed by atoms with E-state index in [0.29, 0.717) is 17.2 Å². The Morgan fingerprint density at radius 2 is 1.78 bits per heavy atom. The normalized spacial score (nSPS) is 10.4. The number of carbonyl (C=O) groups is 2. The highest BCUT2D eigenvalue weighted by atomic mass is 32.1. The molecule has 0 radical (unpaired) electrons. The summed E-state index contributed by atoms with van der Waals surface area (Å²) in [5, 5.41) is 7.84. The molecule has 0 saturated heterocycles. The van der Waals surface area contributed by atoms with Gasteiger partial charge in [-0.3, -0.25) is 14.9 Å². The molecule has 2 aromatic carbocycles. The number of benzene rings is 2. The molecule has 0 saturated carbocycles. The van der Waals surface area contributed by atoms with Crippen LogP contribution in [0.4, 0.5) is 9.52 Å². The highest BCUT2D eigenvalue weighted by molar-refractivity contribution is 7.14. The van der Waals surface area contributed by atoms with Crippen LogP contribution in [-0.2, 0) is 11.2 Å². The van der Waals surface area contributed by atoms with Crippen LogP contribution in [0.2, 0.25) is 0 Å². The van der Waals surface area contributed by atoms with Gasteiger partial charge in [0.15, 0.2) is 5.13 Å². The molecule has 2 N–H and O–H groups in total. The monoisotopic (exact) mass is 383 g/mol. The van der Waals surface area contributed by atoms with Crippen LogP contribution in [0.25, 0.3) is 11.3 Å². The summed E-state index contributed by atoms with van der Waals surface area (Å²) in [6.07, 6.45) is 0.760. The molecule has 0 bridgehead atoms. The van der Waals surface area contributed by atoms with Gasteiger partial charge in [-0.05, 0) is 36.2 Å². The number of anilines is 1. The molecule has 1 heterocycles. The number of hydrogen-bond acceptors (Lipinski definition) is 4. The zero-order chi connectivity index (χ0) is 19.2. The summed E-state index contributed by atoms with van der Waals surface area (Å²) in [5.74, 6) is -0.753. The summed E-state index contributed by atoms with van der Waals surface area (Å²) in [6, 6.07) is 13.3. The van der Waals surface area contributed by atoms with Crippen LogP contribution < -0.4 is 10.6 Å². The quantitative estimate of drug-likeness (QED) is 0.679. The lowest BCUT2D eigenvalue weighted by Gasteiger charge is -2.04. The average molecular weight is 383 g/mol. The molecule has 3 rings (SSSR count). The Bertz CT molecular complexity index is 937. The van der Waals surface area contributed by atoms with Gasteiger partial charge in [0.1, 0.15) is 5.82 Å². The molecule has 7 heteroatoms. The van der Waals surface area contributed by atoms with Gasteiger partial charge in [-0.15, -0.1) is 11.3 Å². The number of amides is 2. The predicted octanol–water partition coefficient (Wildman–Crippen LogP) is 3.88. The third-order valence-corrected chi connectivity index (χ3v) is 4.63. The second-order valence-electron chi connectivity index (χ2n) is 5.93. The largest absolute Gasteiger partial charge is 0.356 e. The number of thiazole rings is 1. The van der Waals surface area contributed by atoms with E-state index >= 15 is 0 Å². The predicted molar refractivity (Wildman–Crippen MR) is 104 cm³/mol. The molecule has 5 nitrogen and oxygen atoms in total. The molecule has 0 atom stereocenters. The molecule has 27 heavy (non-hydrogen) atoms. The van der Waals surface area contributed by atoms with Crippen molar-refractivity contribution in [3.8, 4) is 11.3 Å². The lowest BCUT2D eigenvalue weighted by molar-refractivity contribution is -0.118. The number of aromatic nitrogens is 1. The molecule has 0 fully saturated rings. The van der Waals surface area contributed by atoms with E-state index in [4.69, 9.17) is 0 Å². The first-order valence-electron chi connectivity index (χ1n) is 8.37. The van der Waals surface area contributed by atoms with Crippen LogP contribution in [0.5, 0.6) is 0 Å². The van der Waals surface area contributed by atoms with E-state index in [1.807, 2.05) is 29.6 Å². The minimum absolute atomic E-state index is 0.0377. The van der Waals surface area contributed by atoms with Crippen molar-refractivity contribution in [3.05, 3.63) is 70.9 Å². The Labute approximate surface area is 160 Å². The number of nitrogens with zero attached hydrogens (tertiary/aromatic N) is 1. The Morgan fingerprint density at radius 1 is 1.07 bits per heavy atom. The van der Waals surface area contributed by atoms with Crippen LogP contribution in [0.1, 0.15) is 22.8 Å². The van der Waals surface area contributed by atoms with Gasteiger partial charge in [-0.2, -0.15) is 0 Å². The number of rotatable bonds is 6. The molecule has 0 aliphatic rings.